The van der Waals surface area contributed by atoms with Crippen molar-refractivity contribution in [2.45, 2.75) is 0 Å². The molecule has 6 aromatic carbocycles. The van der Waals surface area contributed by atoms with Crippen molar-refractivity contribution in [2.24, 2.45) is 0 Å². The lowest BCUT2D eigenvalue weighted by Gasteiger charge is -2.11. The average Bonchev–Trinajstić information content (AvgIpc) is 3.24. The van der Waals surface area contributed by atoms with Crippen molar-refractivity contribution in [3.8, 4) is 44.5 Å². The van der Waals surface area contributed by atoms with Crippen molar-refractivity contribution in [1.29, 1.82) is 0 Å². The topological polar surface area (TPSA) is 4.36 Å². The predicted molar refractivity (Wildman–Crippen MR) is 143 cm³/mol. The number of rotatable bonds is 2. The Morgan fingerprint density at radius 1 is 0.441 bits per heavy atom. The van der Waals surface area contributed by atoms with Crippen LogP contribution in [0.1, 0.15) is 0 Å². The van der Waals surface area contributed by atoms with E-state index in [1.54, 1.807) is 0 Å². The zero-order chi connectivity index (χ0) is 22.6. The maximum atomic E-state index is 7.49. The van der Waals surface area contributed by atoms with Crippen molar-refractivity contribution >= 4 is 27.2 Å². The second-order valence-corrected chi connectivity index (χ2v) is 8.84. The van der Waals surface area contributed by atoms with Crippen LogP contribution >= 0.6 is 0 Å². The summed E-state index contributed by atoms with van der Waals surface area (Å²) in [5.74, 6) is 0. The zero-order valence-corrected chi connectivity index (χ0v) is 18.4. The first-order valence-corrected chi connectivity index (χ1v) is 11.5. The highest BCUT2D eigenvalue weighted by Crippen LogP contribution is 2.49. The Bertz CT molecular complexity index is 1790. The minimum atomic E-state index is 0.687. The normalized spacial score (nSPS) is 11.5. The third-order valence-electron chi connectivity index (χ3n) is 7.03. The van der Waals surface area contributed by atoms with E-state index >= 15 is 0 Å². The fourth-order valence-corrected chi connectivity index (χ4v) is 5.46. The number of hydrogen-bond acceptors (Lipinski definition) is 0. The van der Waals surface area contributed by atoms with Gasteiger partial charge < -0.3 is 0 Å². The molecule has 0 amide bonds. The van der Waals surface area contributed by atoms with E-state index in [2.05, 4.69) is 95.8 Å². The Morgan fingerprint density at radius 2 is 1.00 bits per heavy atom. The van der Waals surface area contributed by atoms with Gasteiger partial charge >= 0.3 is 0 Å². The largest absolute Gasteiger partial charge is 0.238 e. The molecule has 0 radical (unpaired) electrons. The van der Waals surface area contributed by atoms with Gasteiger partial charge in [0.25, 0.3) is 0 Å². The van der Waals surface area contributed by atoms with Gasteiger partial charge in [-0.25, -0.2) is 4.85 Å². The second-order valence-electron chi connectivity index (χ2n) is 8.84. The van der Waals surface area contributed by atoms with Crippen molar-refractivity contribution < 1.29 is 0 Å². The standard InChI is InChI=1S/C33H19N/c1-34-32-12-5-4-7-26(32)24-16-14-21-19-23(15-13-22(21)20-24)25-17-18-31-28-9-3-2-8-27(28)30-11-6-10-29(25)33(30)31/h2-20H. The van der Waals surface area contributed by atoms with E-state index in [0.717, 1.165) is 11.1 Å². The van der Waals surface area contributed by atoms with Gasteiger partial charge in [-0.15, -0.1) is 0 Å². The summed E-state index contributed by atoms with van der Waals surface area (Å²) < 4.78 is 0. The van der Waals surface area contributed by atoms with E-state index in [1.807, 2.05) is 24.3 Å². The van der Waals surface area contributed by atoms with Gasteiger partial charge in [0.05, 0.1) is 6.57 Å². The second kappa shape index (κ2) is 7.17. The van der Waals surface area contributed by atoms with E-state index in [0.29, 0.717) is 5.69 Å². The summed E-state index contributed by atoms with van der Waals surface area (Å²) in [6, 6.07) is 40.9. The van der Waals surface area contributed by atoms with Gasteiger partial charge in [-0.2, -0.15) is 0 Å². The van der Waals surface area contributed by atoms with Crippen LogP contribution in [0.5, 0.6) is 0 Å². The molecule has 0 saturated carbocycles. The van der Waals surface area contributed by atoms with Crippen molar-refractivity contribution in [3.05, 3.63) is 127 Å². The number of hydrogen-bond donors (Lipinski definition) is 0. The van der Waals surface area contributed by atoms with Crippen LogP contribution in [0, 0.1) is 6.57 Å². The lowest BCUT2D eigenvalue weighted by molar-refractivity contribution is 1.64. The third-order valence-corrected chi connectivity index (χ3v) is 7.03. The quantitative estimate of drug-likeness (QED) is 0.241. The molecular weight excluding hydrogens is 410 g/mol. The molecule has 0 bridgehead atoms. The summed E-state index contributed by atoms with van der Waals surface area (Å²) >= 11 is 0. The van der Waals surface area contributed by atoms with Gasteiger partial charge in [-0.1, -0.05) is 103 Å². The van der Waals surface area contributed by atoms with Gasteiger partial charge in [-0.3, -0.25) is 0 Å². The lowest BCUT2D eigenvalue weighted by atomic mass is 9.92. The SMILES string of the molecule is [C-]#[N+]c1ccccc1-c1ccc2cc(-c3ccc4c5c(cccc35)-c3ccccc3-4)ccc2c1. The van der Waals surface area contributed by atoms with Crippen molar-refractivity contribution in [3.63, 3.8) is 0 Å². The molecule has 6 aromatic rings. The molecule has 0 atom stereocenters. The molecule has 0 spiro atoms. The van der Waals surface area contributed by atoms with Gasteiger partial charge in [-0.05, 0) is 78.2 Å². The summed E-state index contributed by atoms with van der Waals surface area (Å²) in [7, 11) is 0. The van der Waals surface area contributed by atoms with Crippen LogP contribution in [0.25, 0.3) is 70.9 Å². The molecule has 1 aliphatic carbocycles. The molecule has 0 saturated heterocycles. The Balaban J connectivity index is 1.38. The van der Waals surface area contributed by atoms with E-state index in [1.165, 1.54) is 54.9 Å². The van der Waals surface area contributed by atoms with Crippen LogP contribution in [0.2, 0.25) is 0 Å². The molecule has 156 valence electrons. The van der Waals surface area contributed by atoms with E-state index in [9.17, 15) is 0 Å². The molecule has 1 heteroatoms. The highest BCUT2D eigenvalue weighted by molar-refractivity contribution is 6.18. The number of para-hydroxylation sites is 1. The Morgan fingerprint density at radius 3 is 1.71 bits per heavy atom. The van der Waals surface area contributed by atoms with Gasteiger partial charge in [0.2, 0.25) is 0 Å². The molecule has 0 aromatic heterocycles. The van der Waals surface area contributed by atoms with Crippen LogP contribution in [0.3, 0.4) is 0 Å². The highest BCUT2D eigenvalue weighted by Gasteiger charge is 2.22. The molecule has 0 heterocycles. The number of benzene rings is 6. The van der Waals surface area contributed by atoms with Crippen molar-refractivity contribution in [2.75, 3.05) is 0 Å². The summed E-state index contributed by atoms with van der Waals surface area (Å²) in [4.78, 5) is 3.69. The van der Waals surface area contributed by atoms with Gasteiger partial charge in [0, 0.05) is 0 Å². The van der Waals surface area contributed by atoms with Crippen LogP contribution in [-0.2, 0) is 0 Å². The Kier molecular flexibility index (Phi) is 3.98. The predicted octanol–water partition coefficient (Wildman–Crippen LogP) is 9.53. The average molecular weight is 430 g/mol. The monoisotopic (exact) mass is 429 g/mol. The summed E-state index contributed by atoms with van der Waals surface area (Å²) in [6.07, 6.45) is 0. The molecule has 1 nitrogen and oxygen atoms in total. The maximum absolute atomic E-state index is 7.49. The molecule has 0 aliphatic heterocycles. The first kappa shape index (κ1) is 18.9. The van der Waals surface area contributed by atoms with Crippen LogP contribution < -0.4 is 0 Å². The maximum Gasteiger partial charge on any atom is 0.194 e. The summed E-state index contributed by atoms with van der Waals surface area (Å²) in [6.45, 7) is 7.49. The minimum Gasteiger partial charge on any atom is -0.238 e. The van der Waals surface area contributed by atoms with E-state index < -0.39 is 0 Å². The fourth-order valence-electron chi connectivity index (χ4n) is 5.46. The zero-order valence-electron chi connectivity index (χ0n) is 18.4. The molecule has 0 N–H and O–H groups in total. The fraction of sp³-hybridized carbons (Fsp3) is 0. The first-order valence-electron chi connectivity index (χ1n) is 11.5. The lowest BCUT2D eigenvalue weighted by Crippen LogP contribution is -1.85. The van der Waals surface area contributed by atoms with Gasteiger partial charge in [0.15, 0.2) is 5.69 Å². The molecule has 1 aliphatic rings. The number of fused-ring (bicyclic) bond motifs is 4. The molecule has 7 rings (SSSR count). The smallest absolute Gasteiger partial charge is 0.194 e. The summed E-state index contributed by atoms with van der Waals surface area (Å²) in [5, 5.41) is 5.04. The van der Waals surface area contributed by atoms with E-state index in [4.69, 9.17) is 6.57 Å². The number of nitrogens with zero attached hydrogens (tertiary/aromatic N) is 1. The first-order chi connectivity index (χ1) is 16.8. The molecular formula is C33H19N. The van der Waals surface area contributed by atoms with E-state index in [-0.39, 0.29) is 0 Å². The third kappa shape index (κ3) is 2.66. The van der Waals surface area contributed by atoms with Crippen LogP contribution in [0.4, 0.5) is 5.69 Å². The minimum absolute atomic E-state index is 0.687. The van der Waals surface area contributed by atoms with Crippen molar-refractivity contribution in [1.82, 2.24) is 0 Å². The van der Waals surface area contributed by atoms with Crippen LogP contribution in [-0.4, -0.2) is 0 Å². The molecule has 34 heavy (non-hydrogen) atoms. The highest BCUT2D eigenvalue weighted by atomic mass is 14.6. The Hall–Kier alpha value is -4.67. The molecule has 0 fully saturated rings. The molecule has 0 unspecified atom stereocenters. The van der Waals surface area contributed by atoms with Crippen LogP contribution in [0.15, 0.2) is 115 Å². The van der Waals surface area contributed by atoms with Gasteiger partial charge in [0.1, 0.15) is 0 Å². The summed E-state index contributed by atoms with van der Waals surface area (Å²) in [5.41, 5.74) is 10.5. The Labute approximate surface area is 198 Å².